The lowest BCUT2D eigenvalue weighted by Gasteiger charge is -2.22. The lowest BCUT2D eigenvalue weighted by molar-refractivity contribution is -0.166. The molecule has 1 heterocycles. The second-order valence-electron chi connectivity index (χ2n) is 10.3. The van der Waals surface area contributed by atoms with Crippen molar-refractivity contribution in [1.82, 2.24) is 4.57 Å². The lowest BCUT2D eigenvalue weighted by atomic mass is 9.99. The second kappa shape index (κ2) is 12.3. The van der Waals surface area contributed by atoms with Crippen molar-refractivity contribution in [2.45, 2.75) is 45.4 Å². The summed E-state index contributed by atoms with van der Waals surface area (Å²) in [6, 6.07) is 20.9. The Kier molecular flexibility index (Phi) is 8.79. The molecule has 0 spiro atoms. The van der Waals surface area contributed by atoms with Crippen molar-refractivity contribution in [2.24, 2.45) is 11.1 Å². The van der Waals surface area contributed by atoms with E-state index < -0.39 is 29.5 Å². The molecule has 208 valence electrons. The first kappa shape index (κ1) is 28.7. The summed E-state index contributed by atoms with van der Waals surface area (Å²) in [4.78, 5) is 48.1. The van der Waals surface area contributed by atoms with Crippen molar-refractivity contribution in [3.05, 3.63) is 104 Å². The first-order valence-corrected chi connectivity index (χ1v) is 13.6. The number of nitroso groups, excluding NO2 is 1. The first-order chi connectivity index (χ1) is 19.1. The van der Waals surface area contributed by atoms with E-state index in [9.17, 15) is 24.4 Å². The zero-order valence-electron chi connectivity index (χ0n) is 22.4. The van der Waals surface area contributed by atoms with E-state index in [4.69, 9.17) is 9.47 Å². The lowest BCUT2D eigenvalue weighted by Crippen LogP contribution is -2.33. The third-order valence-corrected chi connectivity index (χ3v) is 7.11. The van der Waals surface area contributed by atoms with Crippen molar-refractivity contribution in [3.63, 3.8) is 0 Å². The molecule has 4 rings (SSSR count). The Labute approximate surface area is 235 Å². The van der Waals surface area contributed by atoms with E-state index in [2.05, 4.69) is 5.18 Å². The third-order valence-electron chi connectivity index (χ3n) is 6.16. The minimum atomic E-state index is -1.31. The van der Waals surface area contributed by atoms with Gasteiger partial charge < -0.3 is 14.6 Å². The Balaban J connectivity index is 1.39. The number of aromatic nitrogens is 1. The van der Waals surface area contributed by atoms with Crippen molar-refractivity contribution in [2.75, 3.05) is 6.61 Å². The summed E-state index contributed by atoms with van der Waals surface area (Å²) < 4.78 is 13.4. The molecule has 0 amide bonds. The van der Waals surface area contributed by atoms with Crippen molar-refractivity contribution in [3.8, 4) is 5.75 Å². The van der Waals surface area contributed by atoms with E-state index >= 15 is 0 Å². The number of carboxylic acid groups (broad SMARTS) is 1. The average molecular weight is 563 g/mol. The number of rotatable bonds is 11. The van der Waals surface area contributed by atoms with Crippen LogP contribution in [0.2, 0.25) is 0 Å². The molecule has 2 atom stereocenters. The minimum absolute atomic E-state index is 0.00639. The van der Waals surface area contributed by atoms with E-state index in [0.717, 1.165) is 32.7 Å². The van der Waals surface area contributed by atoms with Gasteiger partial charge in [0.2, 0.25) is 0 Å². The number of ether oxygens (including phenoxy) is 2. The molecule has 0 aliphatic carbocycles. The molecule has 3 aromatic carbocycles. The third kappa shape index (κ3) is 7.01. The molecule has 10 heteroatoms. The van der Waals surface area contributed by atoms with Crippen LogP contribution in [0.1, 0.15) is 43.5 Å². The molecule has 40 heavy (non-hydrogen) atoms. The molecule has 0 bridgehead atoms. The monoisotopic (exact) mass is 562 g/mol. The van der Waals surface area contributed by atoms with Gasteiger partial charge in [-0.25, -0.2) is 0 Å². The highest BCUT2D eigenvalue weighted by molar-refractivity contribution is 7.16. The molecule has 0 aliphatic rings. The molecular weight excluding hydrogens is 532 g/mol. The molecule has 0 aliphatic heterocycles. The zero-order chi connectivity index (χ0) is 28.9. The number of aliphatic carboxylic acids is 1. The molecule has 2 unspecified atom stereocenters. The largest absolute Gasteiger partial charge is 0.492 e. The van der Waals surface area contributed by atoms with Crippen LogP contribution >= 0.6 is 11.3 Å². The fourth-order valence-electron chi connectivity index (χ4n) is 4.27. The fourth-order valence-corrected chi connectivity index (χ4v) is 5.24. The Morgan fingerprint density at radius 1 is 1.00 bits per heavy atom. The van der Waals surface area contributed by atoms with E-state index in [-0.39, 0.29) is 17.9 Å². The van der Waals surface area contributed by atoms with Crippen LogP contribution in [0.3, 0.4) is 0 Å². The van der Waals surface area contributed by atoms with Crippen LogP contribution in [0.15, 0.2) is 82.8 Å². The number of thiazole rings is 1. The van der Waals surface area contributed by atoms with Gasteiger partial charge in [-0.05, 0) is 68.1 Å². The number of hydrogen-bond donors (Lipinski definition) is 1. The highest BCUT2D eigenvalue weighted by Gasteiger charge is 2.31. The number of nitrogens with zero attached hydrogens (tertiary/aromatic N) is 2. The molecule has 1 aromatic heterocycles. The number of benzene rings is 3. The Hall–Kier alpha value is -4.31. The average Bonchev–Trinajstić information content (AvgIpc) is 3.22. The highest BCUT2D eigenvalue weighted by atomic mass is 32.1. The van der Waals surface area contributed by atoms with E-state index in [1.165, 1.54) is 0 Å². The first-order valence-electron chi connectivity index (χ1n) is 12.7. The molecule has 4 aromatic rings. The zero-order valence-corrected chi connectivity index (χ0v) is 23.2. The van der Waals surface area contributed by atoms with Gasteiger partial charge in [0.15, 0.2) is 5.92 Å². The molecule has 1 N–H and O–H groups in total. The summed E-state index contributed by atoms with van der Waals surface area (Å²) in [5.74, 6) is -2.78. The summed E-state index contributed by atoms with van der Waals surface area (Å²) in [5, 5.41) is 12.8. The summed E-state index contributed by atoms with van der Waals surface area (Å²) in [7, 11) is 0. The van der Waals surface area contributed by atoms with Gasteiger partial charge in [0.1, 0.15) is 24.0 Å². The molecule has 0 radical (unpaired) electrons. The quantitative estimate of drug-likeness (QED) is 0.144. The number of hydrogen-bond acceptors (Lipinski definition) is 8. The molecular formula is C30H30N2O7S. The highest BCUT2D eigenvalue weighted by Crippen LogP contribution is 2.29. The fraction of sp³-hybridized carbons (Fsp3) is 0.300. The van der Waals surface area contributed by atoms with E-state index in [0.29, 0.717) is 17.9 Å². The van der Waals surface area contributed by atoms with Crippen LogP contribution < -0.4 is 9.61 Å². The van der Waals surface area contributed by atoms with Gasteiger partial charge in [-0.2, -0.15) is 0 Å². The van der Waals surface area contributed by atoms with Crippen LogP contribution in [-0.4, -0.2) is 33.8 Å². The standard InChI is InChI=1S/C30H30N2O7S/c1-30(2,3)39-28(35)23(27(33)34)17-19-9-12-22(13-10-19)38-16-15-32-24-14-11-21(18-25(24)40-29(32)36)26(31-37)20-7-5-4-6-8-20/h4-14,18,23,26H,15-17H2,1-3H3,(H,33,34). The normalized spacial score (nSPS) is 13.0. The van der Waals surface area contributed by atoms with Crippen LogP contribution in [0.5, 0.6) is 5.75 Å². The Morgan fingerprint density at radius 3 is 2.33 bits per heavy atom. The van der Waals surface area contributed by atoms with Crippen LogP contribution in [0.25, 0.3) is 10.2 Å². The van der Waals surface area contributed by atoms with Crippen LogP contribution in [0.4, 0.5) is 0 Å². The number of carbonyl (C=O) groups is 2. The van der Waals surface area contributed by atoms with Gasteiger partial charge >= 0.3 is 16.8 Å². The maximum absolute atomic E-state index is 12.7. The number of esters is 1. The molecule has 0 fully saturated rings. The molecule has 0 saturated heterocycles. The van der Waals surface area contributed by atoms with E-state index in [1.54, 1.807) is 49.6 Å². The Morgan fingerprint density at radius 2 is 1.70 bits per heavy atom. The minimum Gasteiger partial charge on any atom is -0.492 e. The molecule has 0 saturated carbocycles. The summed E-state index contributed by atoms with van der Waals surface area (Å²) in [5.41, 5.74) is 2.12. The van der Waals surface area contributed by atoms with Gasteiger partial charge in [0, 0.05) is 0 Å². The van der Waals surface area contributed by atoms with Crippen LogP contribution in [0, 0.1) is 10.8 Å². The number of carboxylic acids is 1. The Bertz CT molecular complexity index is 1550. The maximum Gasteiger partial charge on any atom is 0.321 e. The molecule has 9 nitrogen and oxygen atoms in total. The van der Waals surface area contributed by atoms with Gasteiger partial charge in [-0.1, -0.05) is 65.0 Å². The SMILES string of the molecule is CC(C)(C)OC(=O)C(Cc1ccc(OCCn2c(=O)sc3cc(C(N=O)c4ccccc4)ccc32)cc1)C(=O)O. The predicted molar refractivity (Wildman–Crippen MR) is 153 cm³/mol. The van der Waals surface area contributed by atoms with Gasteiger partial charge in [-0.3, -0.25) is 19.0 Å². The van der Waals surface area contributed by atoms with Gasteiger partial charge in [0.05, 0.1) is 16.8 Å². The number of fused-ring (bicyclic) bond motifs is 1. The van der Waals surface area contributed by atoms with Crippen LogP contribution in [-0.2, 0) is 27.3 Å². The predicted octanol–water partition coefficient (Wildman–Crippen LogP) is 5.58. The summed E-state index contributed by atoms with van der Waals surface area (Å²) in [6.07, 6.45) is -0.00639. The maximum atomic E-state index is 12.7. The van der Waals surface area contributed by atoms with Gasteiger partial charge in [0.25, 0.3) is 0 Å². The second-order valence-corrected chi connectivity index (χ2v) is 11.3. The summed E-state index contributed by atoms with van der Waals surface area (Å²) in [6.45, 7) is 5.60. The van der Waals surface area contributed by atoms with Crippen molar-refractivity contribution >= 4 is 33.5 Å². The number of carbonyl (C=O) groups excluding carboxylic acids is 1. The van der Waals surface area contributed by atoms with Crippen molar-refractivity contribution in [1.29, 1.82) is 0 Å². The summed E-state index contributed by atoms with van der Waals surface area (Å²) >= 11 is 1.10. The van der Waals surface area contributed by atoms with Crippen molar-refractivity contribution < 1.29 is 24.2 Å². The smallest absolute Gasteiger partial charge is 0.321 e. The van der Waals surface area contributed by atoms with Gasteiger partial charge in [-0.15, -0.1) is 4.91 Å². The topological polar surface area (TPSA) is 124 Å². The van der Waals surface area contributed by atoms with E-state index in [1.807, 2.05) is 48.5 Å².